The number of amides is 1. The lowest BCUT2D eigenvalue weighted by Crippen LogP contribution is -2.34. The minimum absolute atomic E-state index is 0.0593. The van der Waals surface area contributed by atoms with Gasteiger partial charge in [-0.15, -0.1) is 0 Å². The van der Waals surface area contributed by atoms with Crippen molar-refractivity contribution in [1.29, 1.82) is 0 Å². The molecular formula is C14H16ClN3O2. The molecule has 1 unspecified atom stereocenters. The third-order valence-corrected chi connectivity index (χ3v) is 3.12. The minimum atomic E-state index is -0.229. The smallest absolute Gasteiger partial charge is 0.253 e. The van der Waals surface area contributed by atoms with Gasteiger partial charge in [0.2, 0.25) is 0 Å². The van der Waals surface area contributed by atoms with E-state index in [4.69, 9.17) is 16.0 Å². The molecule has 2 rings (SSSR count). The van der Waals surface area contributed by atoms with Crippen molar-refractivity contribution in [2.75, 3.05) is 12.4 Å². The van der Waals surface area contributed by atoms with Crippen LogP contribution in [0.5, 0.6) is 0 Å². The minimum Gasteiger partial charge on any atom is -0.469 e. The lowest BCUT2D eigenvalue weighted by molar-refractivity contribution is 0.0939. The molecule has 106 valence electrons. The number of aromatic nitrogens is 1. The van der Waals surface area contributed by atoms with E-state index in [0.29, 0.717) is 22.8 Å². The maximum Gasteiger partial charge on any atom is 0.253 e. The van der Waals surface area contributed by atoms with Gasteiger partial charge in [-0.1, -0.05) is 11.6 Å². The van der Waals surface area contributed by atoms with E-state index in [2.05, 4.69) is 15.6 Å². The van der Waals surface area contributed by atoms with Gasteiger partial charge >= 0.3 is 0 Å². The van der Waals surface area contributed by atoms with Gasteiger partial charge in [0.15, 0.2) is 0 Å². The molecule has 2 aromatic heterocycles. The van der Waals surface area contributed by atoms with E-state index in [1.165, 1.54) is 6.20 Å². The van der Waals surface area contributed by atoms with Gasteiger partial charge in [0.25, 0.3) is 5.91 Å². The highest BCUT2D eigenvalue weighted by Crippen LogP contribution is 2.18. The van der Waals surface area contributed by atoms with Crippen molar-refractivity contribution in [3.63, 3.8) is 0 Å². The van der Waals surface area contributed by atoms with E-state index in [1.54, 1.807) is 19.4 Å². The molecule has 0 saturated heterocycles. The van der Waals surface area contributed by atoms with Crippen LogP contribution < -0.4 is 10.6 Å². The third-order valence-electron chi connectivity index (χ3n) is 2.82. The second kappa shape index (κ2) is 6.43. The molecule has 0 aliphatic rings. The second-order valence-corrected chi connectivity index (χ2v) is 4.86. The van der Waals surface area contributed by atoms with Crippen LogP contribution in [0.3, 0.4) is 0 Å². The fourth-order valence-electron chi connectivity index (χ4n) is 1.83. The quantitative estimate of drug-likeness (QED) is 0.889. The van der Waals surface area contributed by atoms with Crippen molar-refractivity contribution in [1.82, 2.24) is 10.3 Å². The van der Waals surface area contributed by atoms with E-state index in [9.17, 15) is 4.79 Å². The molecule has 0 radical (unpaired) electrons. The Hall–Kier alpha value is -2.01. The van der Waals surface area contributed by atoms with Crippen LogP contribution in [0.2, 0.25) is 5.02 Å². The predicted molar refractivity (Wildman–Crippen MR) is 78.1 cm³/mol. The first-order valence-electron chi connectivity index (χ1n) is 6.26. The summed E-state index contributed by atoms with van der Waals surface area (Å²) < 4.78 is 5.25. The van der Waals surface area contributed by atoms with Gasteiger partial charge in [0.05, 0.1) is 16.8 Å². The number of halogens is 1. The fourth-order valence-corrected chi connectivity index (χ4v) is 2.02. The average molecular weight is 294 g/mol. The van der Waals surface area contributed by atoms with Crippen LogP contribution in [-0.4, -0.2) is 24.0 Å². The third kappa shape index (κ3) is 3.51. The normalized spacial score (nSPS) is 11.9. The van der Waals surface area contributed by atoms with Crippen LogP contribution >= 0.6 is 11.6 Å². The molecule has 5 nitrogen and oxygen atoms in total. The maximum absolute atomic E-state index is 12.2. The summed E-state index contributed by atoms with van der Waals surface area (Å²) in [6, 6.07) is 5.26. The summed E-state index contributed by atoms with van der Waals surface area (Å²) in [4.78, 5) is 16.2. The number of nitrogens with one attached hydrogen (secondary N) is 2. The Morgan fingerprint density at radius 3 is 3.00 bits per heavy atom. The first-order valence-corrected chi connectivity index (χ1v) is 6.64. The number of anilines is 1. The van der Waals surface area contributed by atoms with Gasteiger partial charge in [-0.2, -0.15) is 0 Å². The lowest BCUT2D eigenvalue weighted by Gasteiger charge is -2.13. The SMILES string of the molecule is CNc1cc(C(=O)NC(C)Cc2ccco2)c(Cl)cn1. The van der Waals surface area contributed by atoms with Gasteiger partial charge in [-0.3, -0.25) is 4.79 Å². The number of furan rings is 1. The molecule has 0 bridgehead atoms. The van der Waals surface area contributed by atoms with E-state index in [0.717, 1.165) is 5.76 Å². The molecule has 1 amide bonds. The molecule has 0 aliphatic carbocycles. The molecule has 20 heavy (non-hydrogen) atoms. The van der Waals surface area contributed by atoms with Crippen LogP contribution in [0.1, 0.15) is 23.0 Å². The van der Waals surface area contributed by atoms with E-state index < -0.39 is 0 Å². The molecule has 2 N–H and O–H groups in total. The zero-order chi connectivity index (χ0) is 14.5. The van der Waals surface area contributed by atoms with E-state index in [-0.39, 0.29) is 11.9 Å². The number of rotatable bonds is 5. The lowest BCUT2D eigenvalue weighted by atomic mass is 10.1. The fraction of sp³-hybridized carbons (Fsp3) is 0.286. The number of pyridine rings is 1. The topological polar surface area (TPSA) is 67.2 Å². The van der Waals surface area contributed by atoms with Crippen LogP contribution in [0, 0.1) is 0 Å². The monoisotopic (exact) mass is 293 g/mol. The Kier molecular flexibility index (Phi) is 4.63. The highest BCUT2D eigenvalue weighted by atomic mass is 35.5. The summed E-state index contributed by atoms with van der Waals surface area (Å²) >= 11 is 6.00. The second-order valence-electron chi connectivity index (χ2n) is 4.46. The Morgan fingerprint density at radius 2 is 2.35 bits per heavy atom. The first kappa shape index (κ1) is 14.4. The van der Waals surface area contributed by atoms with Gasteiger partial charge < -0.3 is 15.1 Å². The molecule has 0 aliphatic heterocycles. The number of nitrogens with zero attached hydrogens (tertiary/aromatic N) is 1. The van der Waals surface area contributed by atoms with Crippen molar-refractivity contribution in [3.05, 3.63) is 47.0 Å². The van der Waals surface area contributed by atoms with Gasteiger partial charge in [-0.05, 0) is 25.1 Å². The first-order chi connectivity index (χ1) is 9.60. The van der Waals surface area contributed by atoms with Gasteiger partial charge in [-0.25, -0.2) is 4.98 Å². The van der Waals surface area contributed by atoms with Crippen molar-refractivity contribution in [3.8, 4) is 0 Å². The zero-order valence-corrected chi connectivity index (χ0v) is 12.1. The Morgan fingerprint density at radius 1 is 1.55 bits per heavy atom. The van der Waals surface area contributed by atoms with Crippen molar-refractivity contribution in [2.45, 2.75) is 19.4 Å². The summed E-state index contributed by atoms with van der Waals surface area (Å²) in [5.41, 5.74) is 0.400. The molecule has 0 saturated carbocycles. The maximum atomic E-state index is 12.2. The summed E-state index contributed by atoms with van der Waals surface area (Å²) in [5.74, 6) is 1.20. The predicted octanol–water partition coefficient (Wildman–Crippen LogP) is 2.73. The molecule has 1 atom stereocenters. The van der Waals surface area contributed by atoms with Crippen LogP contribution in [-0.2, 0) is 6.42 Å². The van der Waals surface area contributed by atoms with Gasteiger partial charge in [0.1, 0.15) is 11.6 Å². The summed E-state index contributed by atoms with van der Waals surface area (Å²) in [6.07, 6.45) is 3.70. The van der Waals surface area contributed by atoms with Crippen LogP contribution in [0.25, 0.3) is 0 Å². The Bertz CT molecular complexity index is 584. The summed E-state index contributed by atoms with van der Waals surface area (Å²) in [6.45, 7) is 1.91. The van der Waals surface area contributed by atoms with Crippen molar-refractivity contribution < 1.29 is 9.21 Å². The van der Waals surface area contributed by atoms with Gasteiger partial charge in [0, 0.05) is 25.7 Å². The van der Waals surface area contributed by atoms with E-state index >= 15 is 0 Å². The molecule has 2 heterocycles. The largest absolute Gasteiger partial charge is 0.469 e. The number of hydrogen-bond acceptors (Lipinski definition) is 4. The van der Waals surface area contributed by atoms with E-state index in [1.807, 2.05) is 19.1 Å². The molecule has 2 aromatic rings. The number of carbonyl (C=O) groups excluding carboxylic acids is 1. The number of carbonyl (C=O) groups is 1. The number of hydrogen-bond donors (Lipinski definition) is 2. The van der Waals surface area contributed by atoms with Crippen molar-refractivity contribution >= 4 is 23.3 Å². The standard InChI is InChI=1S/C14H16ClN3O2/c1-9(6-10-4-3-5-20-10)18-14(19)11-7-13(16-2)17-8-12(11)15/h3-5,7-9H,6H2,1-2H3,(H,16,17)(H,18,19). The molecular weight excluding hydrogens is 278 g/mol. The van der Waals surface area contributed by atoms with Crippen molar-refractivity contribution in [2.24, 2.45) is 0 Å². The van der Waals surface area contributed by atoms with Crippen LogP contribution in [0.15, 0.2) is 35.1 Å². The molecule has 0 fully saturated rings. The molecule has 0 aromatic carbocycles. The molecule has 0 spiro atoms. The Balaban J connectivity index is 2.04. The molecule has 6 heteroatoms. The van der Waals surface area contributed by atoms with Crippen LogP contribution in [0.4, 0.5) is 5.82 Å². The average Bonchev–Trinajstić information content (AvgIpc) is 2.91. The zero-order valence-electron chi connectivity index (χ0n) is 11.3. The summed E-state index contributed by atoms with van der Waals surface area (Å²) in [5, 5.41) is 6.09. The highest BCUT2D eigenvalue weighted by molar-refractivity contribution is 6.33. The highest BCUT2D eigenvalue weighted by Gasteiger charge is 2.15. The Labute approximate surface area is 122 Å². The summed E-state index contributed by atoms with van der Waals surface area (Å²) in [7, 11) is 1.73.